The molecule has 0 aliphatic rings. The number of rotatable bonds is 5. The molecule has 2 N–H and O–H groups in total. The van der Waals surface area contributed by atoms with Crippen molar-refractivity contribution < 1.29 is 9.90 Å². The van der Waals surface area contributed by atoms with Crippen LogP contribution in [0.4, 0.5) is 0 Å². The summed E-state index contributed by atoms with van der Waals surface area (Å²) in [5.74, 6) is 0.320. The summed E-state index contributed by atoms with van der Waals surface area (Å²) in [6.07, 6.45) is 0.642. The minimum atomic E-state index is -0.613. The van der Waals surface area contributed by atoms with Crippen molar-refractivity contribution in [2.45, 2.75) is 25.8 Å². The SMILES string of the molecule is CCC(CCl)(CCl)NC(=O)c1cccc(O)c1C. The van der Waals surface area contributed by atoms with Crippen LogP contribution < -0.4 is 5.32 Å². The van der Waals surface area contributed by atoms with E-state index in [1.165, 1.54) is 0 Å². The number of carbonyl (C=O) groups is 1. The van der Waals surface area contributed by atoms with Gasteiger partial charge in [-0.2, -0.15) is 0 Å². The predicted molar refractivity (Wildman–Crippen MR) is 74.8 cm³/mol. The van der Waals surface area contributed by atoms with Crippen LogP contribution in [-0.4, -0.2) is 28.3 Å². The number of aromatic hydroxyl groups is 1. The number of alkyl halides is 2. The standard InChI is InChI=1S/C13H17Cl2NO2/c1-3-13(7-14,8-15)16-12(18)10-5-4-6-11(17)9(10)2/h4-6,17H,3,7-8H2,1-2H3,(H,16,18). The van der Waals surface area contributed by atoms with Gasteiger partial charge in [-0.1, -0.05) is 13.0 Å². The fraction of sp³-hybridized carbons (Fsp3) is 0.462. The molecule has 1 aromatic carbocycles. The molecule has 1 amide bonds. The van der Waals surface area contributed by atoms with Gasteiger partial charge in [0.2, 0.25) is 0 Å². The van der Waals surface area contributed by atoms with Crippen molar-refractivity contribution in [3.8, 4) is 5.75 Å². The number of halogens is 2. The molecular formula is C13H17Cl2NO2. The van der Waals surface area contributed by atoms with Gasteiger partial charge >= 0.3 is 0 Å². The van der Waals surface area contributed by atoms with Crippen LogP contribution in [0.1, 0.15) is 29.3 Å². The molecule has 0 saturated carbocycles. The van der Waals surface area contributed by atoms with Gasteiger partial charge in [-0.25, -0.2) is 0 Å². The first kappa shape index (κ1) is 15.1. The molecule has 1 rings (SSSR count). The van der Waals surface area contributed by atoms with E-state index in [4.69, 9.17) is 23.2 Å². The Morgan fingerprint density at radius 2 is 2.00 bits per heavy atom. The number of hydrogen-bond acceptors (Lipinski definition) is 2. The minimum Gasteiger partial charge on any atom is -0.508 e. The number of phenolic OH excluding ortho intramolecular Hbond substituents is 1. The number of amides is 1. The predicted octanol–water partition coefficient (Wildman–Crippen LogP) is 3.06. The topological polar surface area (TPSA) is 49.3 Å². The lowest BCUT2D eigenvalue weighted by Gasteiger charge is -2.29. The van der Waals surface area contributed by atoms with Crippen molar-refractivity contribution in [3.05, 3.63) is 29.3 Å². The molecule has 0 radical (unpaired) electrons. The Morgan fingerprint density at radius 1 is 1.39 bits per heavy atom. The van der Waals surface area contributed by atoms with Gasteiger partial charge in [0, 0.05) is 22.9 Å². The Labute approximate surface area is 117 Å². The summed E-state index contributed by atoms with van der Waals surface area (Å²) in [6.45, 7) is 3.61. The Balaban J connectivity index is 2.98. The fourth-order valence-corrected chi connectivity index (χ4v) is 2.35. The molecule has 0 heterocycles. The first-order valence-electron chi connectivity index (χ1n) is 5.72. The highest BCUT2D eigenvalue weighted by Crippen LogP contribution is 2.21. The molecular weight excluding hydrogens is 273 g/mol. The van der Waals surface area contributed by atoms with E-state index in [0.717, 1.165) is 0 Å². The zero-order valence-electron chi connectivity index (χ0n) is 10.5. The molecule has 0 aliphatic heterocycles. The molecule has 0 atom stereocenters. The highest BCUT2D eigenvalue weighted by atomic mass is 35.5. The van der Waals surface area contributed by atoms with Crippen molar-refractivity contribution in [1.82, 2.24) is 5.32 Å². The third-order valence-electron chi connectivity index (χ3n) is 3.12. The minimum absolute atomic E-state index is 0.0986. The first-order chi connectivity index (χ1) is 8.49. The smallest absolute Gasteiger partial charge is 0.252 e. The van der Waals surface area contributed by atoms with E-state index in [0.29, 0.717) is 17.5 Å². The summed E-state index contributed by atoms with van der Waals surface area (Å²) < 4.78 is 0. The molecule has 0 aliphatic carbocycles. The summed E-state index contributed by atoms with van der Waals surface area (Å²) >= 11 is 11.8. The van der Waals surface area contributed by atoms with Gasteiger partial charge in [0.05, 0.1) is 5.54 Å². The molecule has 0 unspecified atom stereocenters. The number of phenols is 1. The van der Waals surface area contributed by atoms with Crippen molar-refractivity contribution in [3.63, 3.8) is 0 Å². The summed E-state index contributed by atoms with van der Waals surface area (Å²) in [7, 11) is 0. The van der Waals surface area contributed by atoms with Crippen LogP contribution in [0.3, 0.4) is 0 Å². The molecule has 3 nitrogen and oxygen atoms in total. The number of benzene rings is 1. The van der Waals surface area contributed by atoms with Gasteiger partial charge in [-0.3, -0.25) is 4.79 Å². The Kier molecular flexibility index (Phi) is 5.29. The van der Waals surface area contributed by atoms with Crippen LogP contribution in [-0.2, 0) is 0 Å². The van der Waals surface area contributed by atoms with Crippen LogP contribution in [0.5, 0.6) is 5.75 Å². The number of carbonyl (C=O) groups excluding carboxylic acids is 1. The van der Waals surface area contributed by atoms with Crippen molar-refractivity contribution in [1.29, 1.82) is 0 Å². The molecule has 0 saturated heterocycles. The summed E-state index contributed by atoms with van der Waals surface area (Å²) in [4.78, 5) is 12.2. The third-order valence-corrected chi connectivity index (χ3v) is 4.14. The second kappa shape index (κ2) is 6.30. The normalized spacial score (nSPS) is 11.3. The van der Waals surface area contributed by atoms with E-state index in [9.17, 15) is 9.90 Å². The highest BCUT2D eigenvalue weighted by Gasteiger charge is 2.29. The molecule has 0 bridgehead atoms. The maximum atomic E-state index is 12.2. The summed E-state index contributed by atoms with van der Waals surface area (Å²) in [6, 6.07) is 4.84. The largest absolute Gasteiger partial charge is 0.508 e. The van der Waals surface area contributed by atoms with E-state index >= 15 is 0 Å². The monoisotopic (exact) mass is 289 g/mol. The maximum Gasteiger partial charge on any atom is 0.252 e. The Morgan fingerprint density at radius 3 is 2.50 bits per heavy atom. The molecule has 1 aromatic rings. The third kappa shape index (κ3) is 3.09. The molecule has 0 aromatic heterocycles. The molecule has 5 heteroatoms. The van der Waals surface area contributed by atoms with Crippen molar-refractivity contribution in [2.75, 3.05) is 11.8 Å². The zero-order valence-corrected chi connectivity index (χ0v) is 12.0. The Bertz CT molecular complexity index is 423. The van der Waals surface area contributed by atoms with Crippen LogP contribution in [0.15, 0.2) is 18.2 Å². The van der Waals surface area contributed by atoms with Crippen LogP contribution >= 0.6 is 23.2 Å². The van der Waals surface area contributed by atoms with Crippen molar-refractivity contribution in [2.24, 2.45) is 0 Å². The second-order valence-corrected chi connectivity index (χ2v) is 4.84. The lowest BCUT2D eigenvalue weighted by Crippen LogP contribution is -2.51. The Hall–Kier alpha value is -0.930. The molecule has 18 heavy (non-hydrogen) atoms. The summed E-state index contributed by atoms with van der Waals surface area (Å²) in [5, 5.41) is 12.4. The maximum absolute atomic E-state index is 12.2. The van der Waals surface area contributed by atoms with E-state index in [-0.39, 0.29) is 23.4 Å². The molecule has 0 spiro atoms. The number of hydrogen-bond donors (Lipinski definition) is 2. The van der Waals surface area contributed by atoms with Gasteiger partial charge < -0.3 is 10.4 Å². The van der Waals surface area contributed by atoms with Gasteiger partial charge in [-0.05, 0) is 25.5 Å². The van der Waals surface area contributed by atoms with E-state index in [1.54, 1.807) is 25.1 Å². The van der Waals surface area contributed by atoms with E-state index in [1.807, 2.05) is 6.92 Å². The quantitative estimate of drug-likeness (QED) is 0.819. The van der Waals surface area contributed by atoms with Crippen LogP contribution in [0.25, 0.3) is 0 Å². The molecule has 0 fully saturated rings. The highest BCUT2D eigenvalue weighted by molar-refractivity contribution is 6.22. The fourth-order valence-electron chi connectivity index (χ4n) is 1.56. The van der Waals surface area contributed by atoms with Gasteiger partial charge in [0.15, 0.2) is 0 Å². The number of nitrogens with one attached hydrogen (secondary N) is 1. The van der Waals surface area contributed by atoms with E-state index in [2.05, 4.69) is 5.32 Å². The second-order valence-electron chi connectivity index (χ2n) is 4.30. The zero-order chi connectivity index (χ0) is 13.8. The first-order valence-corrected chi connectivity index (χ1v) is 6.79. The van der Waals surface area contributed by atoms with Gasteiger partial charge in [0.1, 0.15) is 5.75 Å². The lowest BCUT2D eigenvalue weighted by atomic mass is 9.99. The van der Waals surface area contributed by atoms with Gasteiger partial charge in [0.25, 0.3) is 5.91 Å². The van der Waals surface area contributed by atoms with E-state index < -0.39 is 5.54 Å². The lowest BCUT2D eigenvalue weighted by molar-refractivity contribution is 0.0912. The van der Waals surface area contributed by atoms with Crippen LogP contribution in [0.2, 0.25) is 0 Å². The summed E-state index contributed by atoms with van der Waals surface area (Å²) in [5.41, 5.74) is 0.366. The average molecular weight is 290 g/mol. The average Bonchev–Trinajstić information content (AvgIpc) is 2.39. The van der Waals surface area contributed by atoms with Gasteiger partial charge in [-0.15, -0.1) is 23.2 Å². The molecule has 100 valence electrons. The van der Waals surface area contributed by atoms with Crippen LogP contribution in [0, 0.1) is 6.92 Å². The van der Waals surface area contributed by atoms with Crippen molar-refractivity contribution >= 4 is 29.1 Å².